The van der Waals surface area contributed by atoms with Gasteiger partial charge in [0.2, 0.25) is 0 Å². The van der Waals surface area contributed by atoms with Gasteiger partial charge in [-0.05, 0) is 37.9 Å². The number of nitrogens with zero attached hydrogens (tertiary/aromatic N) is 1. The van der Waals surface area contributed by atoms with Crippen molar-refractivity contribution in [3.8, 4) is 5.75 Å². The van der Waals surface area contributed by atoms with Gasteiger partial charge in [0.25, 0.3) is 0 Å². The van der Waals surface area contributed by atoms with E-state index in [4.69, 9.17) is 10.5 Å². The zero-order valence-corrected chi connectivity index (χ0v) is 8.68. The van der Waals surface area contributed by atoms with E-state index in [2.05, 4.69) is 11.7 Å². The lowest BCUT2D eigenvalue weighted by molar-refractivity contribution is 0.428. The number of para-hydroxylation sites is 1. The van der Waals surface area contributed by atoms with E-state index in [0.717, 1.165) is 11.5 Å². The maximum absolute atomic E-state index is 5.51. The molecule has 78 valence electrons. The third-order valence-electron chi connectivity index (χ3n) is 1.69. The summed E-state index contributed by atoms with van der Waals surface area (Å²) in [4.78, 5) is 3.56. The van der Waals surface area contributed by atoms with Crippen molar-refractivity contribution < 1.29 is 4.74 Å². The standard InChI is InChI=1S/C12H14N2O/c1-10(8-9-12(13)14-2)15-11-6-4-3-5-7-11/h3-9H,2,13H2,1H3/b10-8+,12-9-. The Morgan fingerprint density at radius 3 is 2.60 bits per heavy atom. The van der Waals surface area contributed by atoms with Crippen LogP contribution in [0.15, 0.2) is 59.1 Å². The summed E-state index contributed by atoms with van der Waals surface area (Å²) in [7, 11) is 0. The fourth-order valence-corrected chi connectivity index (χ4v) is 0.964. The van der Waals surface area contributed by atoms with Gasteiger partial charge in [-0.1, -0.05) is 18.2 Å². The van der Waals surface area contributed by atoms with E-state index in [-0.39, 0.29) is 0 Å². The molecule has 0 fully saturated rings. The van der Waals surface area contributed by atoms with Gasteiger partial charge >= 0.3 is 0 Å². The molecule has 3 nitrogen and oxygen atoms in total. The van der Waals surface area contributed by atoms with Gasteiger partial charge < -0.3 is 10.5 Å². The second-order valence-electron chi connectivity index (χ2n) is 2.94. The molecule has 0 aliphatic carbocycles. The van der Waals surface area contributed by atoms with Crippen molar-refractivity contribution in [1.29, 1.82) is 0 Å². The monoisotopic (exact) mass is 202 g/mol. The van der Waals surface area contributed by atoms with Gasteiger partial charge in [-0.25, -0.2) is 4.99 Å². The molecule has 0 aliphatic rings. The zero-order valence-electron chi connectivity index (χ0n) is 8.68. The van der Waals surface area contributed by atoms with Crippen LogP contribution in [0.5, 0.6) is 5.75 Å². The molecule has 0 spiro atoms. The molecule has 0 saturated carbocycles. The van der Waals surface area contributed by atoms with Crippen molar-refractivity contribution in [3.63, 3.8) is 0 Å². The summed E-state index contributed by atoms with van der Waals surface area (Å²) in [6.07, 6.45) is 3.39. The largest absolute Gasteiger partial charge is 0.462 e. The molecule has 0 atom stereocenters. The third kappa shape index (κ3) is 4.13. The highest BCUT2D eigenvalue weighted by molar-refractivity contribution is 5.29. The van der Waals surface area contributed by atoms with E-state index >= 15 is 0 Å². The molecule has 0 heterocycles. The number of hydrogen-bond acceptors (Lipinski definition) is 3. The van der Waals surface area contributed by atoms with Crippen molar-refractivity contribution in [2.45, 2.75) is 6.92 Å². The van der Waals surface area contributed by atoms with Gasteiger partial charge in [0.05, 0.1) is 0 Å². The molecule has 0 unspecified atom stereocenters. The SMILES string of the molecule is C=N/C(N)=C\C=C(/C)Oc1ccccc1. The first kappa shape index (κ1) is 11.0. The predicted octanol–water partition coefficient (Wildman–Crippen LogP) is 2.47. The lowest BCUT2D eigenvalue weighted by Gasteiger charge is -2.03. The Morgan fingerprint density at radius 1 is 1.33 bits per heavy atom. The average Bonchev–Trinajstić information content (AvgIpc) is 2.27. The number of hydrogen-bond donors (Lipinski definition) is 1. The Bertz CT molecular complexity index is 380. The molecular formula is C12H14N2O. The molecule has 0 saturated heterocycles. The summed E-state index contributed by atoms with van der Waals surface area (Å²) in [6.45, 7) is 5.16. The van der Waals surface area contributed by atoms with Crippen LogP contribution in [0.4, 0.5) is 0 Å². The van der Waals surface area contributed by atoms with Crippen LogP contribution in [0.25, 0.3) is 0 Å². The van der Waals surface area contributed by atoms with Crippen LogP contribution in [-0.4, -0.2) is 6.72 Å². The van der Waals surface area contributed by atoms with Crippen molar-refractivity contribution in [3.05, 3.63) is 54.1 Å². The lowest BCUT2D eigenvalue weighted by atomic mass is 10.3. The Morgan fingerprint density at radius 2 is 2.00 bits per heavy atom. The van der Waals surface area contributed by atoms with Gasteiger partial charge in [0.1, 0.15) is 17.3 Å². The summed E-state index contributed by atoms with van der Waals surface area (Å²) in [5.41, 5.74) is 5.45. The number of nitrogens with two attached hydrogens (primary N) is 1. The molecule has 1 aromatic carbocycles. The van der Waals surface area contributed by atoms with E-state index in [1.54, 1.807) is 12.2 Å². The molecule has 2 N–H and O–H groups in total. The predicted molar refractivity (Wildman–Crippen MR) is 62.6 cm³/mol. The van der Waals surface area contributed by atoms with Crippen LogP contribution < -0.4 is 10.5 Å². The highest BCUT2D eigenvalue weighted by atomic mass is 16.5. The minimum Gasteiger partial charge on any atom is -0.462 e. The van der Waals surface area contributed by atoms with Crippen LogP contribution in [0.3, 0.4) is 0 Å². The quantitative estimate of drug-likeness (QED) is 0.463. The number of benzene rings is 1. The fraction of sp³-hybridized carbons (Fsp3) is 0.0833. The lowest BCUT2D eigenvalue weighted by Crippen LogP contribution is -1.93. The molecule has 3 heteroatoms. The second-order valence-corrected chi connectivity index (χ2v) is 2.94. The summed E-state index contributed by atoms with van der Waals surface area (Å²) in [6, 6.07) is 9.54. The maximum Gasteiger partial charge on any atom is 0.126 e. The normalized spacial score (nSPS) is 12.3. The minimum absolute atomic E-state index is 0.367. The number of allylic oxidation sites excluding steroid dienone is 3. The smallest absolute Gasteiger partial charge is 0.126 e. The first-order valence-electron chi connectivity index (χ1n) is 4.56. The maximum atomic E-state index is 5.51. The molecule has 0 bridgehead atoms. The first-order valence-corrected chi connectivity index (χ1v) is 4.56. The van der Waals surface area contributed by atoms with Crippen LogP contribution in [0.1, 0.15) is 6.92 Å². The van der Waals surface area contributed by atoms with Gasteiger partial charge in [-0.2, -0.15) is 0 Å². The summed E-state index contributed by atoms with van der Waals surface area (Å²) < 4.78 is 5.51. The molecule has 1 aromatic rings. The average molecular weight is 202 g/mol. The van der Waals surface area contributed by atoms with E-state index in [0.29, 0.717) is 5.82 Å². The molecule has 15 heavy (non-hydrogen) atoms. The molecule has 0 amide bonds. The van der Waals surface area contributed by atoms with Gasteiger partial charge in [0, 0.05) is 0 Å². The van der Waals surface area contributed by atoms with Gasteiger partial charge in [0.15, 0.2) is 0 Å². The minimum atomic E-state index is 0.367. The number of ether oxygens (including phenoxy) is 1. The highest BCUT2D eigenvalue weighted by Crippen LogP contribution is 2.12. The van der Waals surface area contributed by atoms with Crippen molar-refractivity contribution in [2.75, 3.05) is 0 Å². The topological polar surface area (TPSA) is 47.6 Å². The van der Waals surface area contributed by atoms with Crippen LogP contribution >= 0.6 is 0 Å². The van der Waals surface area contributed by atoms with Crippen LogP contribution in [0, 0.1) is 0 Å². The number of rotatable bonds is 4. The Hall–Kier alpha value is -2.03. The highest BCUT2D eigenvalue weighted by Gasteiger charge is 1.92. The summed E-state index contributed by atoms with van der Waals surface area (Å²) in [5, 5.41) is 0. The summed E-state index contributed by atoms with van der Waals surface area (Å²) >= 11 is 0. The van der Waals surface area contributed by atoms with Crippen LogP contribution in [0.2, 0.25) is 0 Å². The Kier molecular flexibility index (Phi) is 4.16. The van der Waals surface area contributed by atoms with Crippen LogP contribution in [-0.2, 0) is 0 Å². The molecular weight excluding hydrogens is 188 g/mol. The van der Waals surface area contributed by atoms with E-state index in [9.17, 15) is 0 Å². The summed E-state index contributed by atoms with van der Waals surface area (Å²) in [5.74, 6) is 1.91. The van der Waals surface area contributed by atoms with Crippen molar-refractivity contribution >= 4 is 6.72 Å². The Balaban J connectivity index is 2.63. The van der Waals surface area contributed by atoms with Crippen molar-refractivity contribution in [2.24, 2.45) is 10.7 Å². The van der Waals surface area contributed by atoms with Gasteiger partial charge in [-0.3, -0.25) is 0 Å². The number of aliphatic imine (C=N–C) groups is 1. The fourth-order valence-electron chi connectivity index (χ4n) is 0.964. The zero-order chi connectivity index (χ0) is 11.1. The Labute approximate surface area is 89.6 Å². The second kappa shape index (κ2) is 5.65. The third-order valence-corrected chi connectivity index (χ3v) is 1.69. The van der Waals surface area contributed by atoms with E-state index in [1.807, 2.05) is 37.3 Å². The molecule has 0 radical (unpaired) electrons. The van der Waals surface area contributed by atoms with E-state index < -0.39 is 0 Å². The van der Waals surface area contributed by atoms with Crippen molar-refractivity contribution in [1.82, 2.24) is 0 Å². The van der Waals surface area contributed by atoms with Gasteiger partial charge in [-0.15, -0.1) is 0 Å². The molecule has 0 aliphatic heterocycles. The first-order chi connectivity index (χ1) is 7.22. The van der Waals surface area contributed by atoms with E-state index in [1.165, 1.54) is 0 Å². The molecule has 0 aromatic heterocycles. The molecule has 1 rings (SSSR count).